The van der Waals surface area contributed by atoms with Crippen LogP contribution in [0.5, 0.6) is 0 Å². The minimum Gasteiger partial charge on any atom is -0.478 e. The van der Waals surface area contributed by atoms with E-state index in [1.807, 2.05) is 6.92 Å². The van der Waals surface area contributed by atoms with Crippen molar-refractivity contribution in [1.82, 2.24) is 0 Å². The smallest absolute Gasteiger partial charge is 0.328 e. The number of carbonyl (C=O) groups is 2. The Morgan fingerprint density at radius 1 is 1.38 bits per heavy atom. The van der Waals surface area contributed by atoms with E-state index in [-0.39, 0.29) is 0 Å². The van der Waals surface area contributed by atoms with Crippen LogP contribution in [0.25, 0.3) is 0 Å². The lowest BCUT2D eigenvalue weighted by molar-refractivity contribution is -0.131. The van der Waals surface area contributed by atoms with E-state index in [1.165, 1.54) is 0 Å². The van der Waals surface area contributed by atoms with Gasteiger partial charge in [-0.3, -0.25) is 4.79 Å². The van der Waals surface area contributed by atoms with Gasteiger partial charge in [-0.2, -0.15) is 0 Å². The van der Waals surface area contributed by atoms with E-state index in [9.17, 15) is 9.59 Å². The van der Waals surface area contributed by atoms with Crippen molar-refractivity contribution in [3.8, 4) is 0 Å². The first-order valence-corrected chi connectivity index (χ1v) is 4.85. The molecular formula is C11H10ClNO3. The lowest BCUT2D eigenvalue weighted by Gasteiger charge is -2.06. The van der Waals surface area contributed by atoms with Crippen LogP contribution in [0.3, 0.4) is 0 Å². The first-order valence-electron chi connectivity index (χ1n) is 4.47. The summed E-state index contributed by atoms with van der Waals surface area (Å²) in [4.78, 5) is 21.5. The van der Waals surface area contributed by atoms with Gasteiger partial charge in [0.25, 0.3) is 0 Å². The molecule has 0 fully saturated rings. The fourth-order valence-corrected chi connectivity index (χ4v) is 1.22. The number of carboxylic acids is 1. The third kappa shape index (κ3) is 3.74. The standard InChI is InChI=1S/C11H10ClNO3/c1-7-2-3-8(12)6-9(7)13-10(14)4-5-11(15)16/h2-6H,1H3,(H,13,14)(H,15,16)/b5-4-. The number of aliphatic carboxylic acids is 1. The number of carbonyl (C=O) groups excluding carboxylic acids is 1. The van der Waals surface area contributed by atoms with E-state index in [4.69, 9.17) is 16.7 Å². The minimum atomic E-state index is -1.17. The average Bonchev–Trinajstić information content (AvgIpc) is 2.20. The topological polar surface area (TPSA) is 66.4 Å². The zero-order valence-corrected chi connectivity index (χ0v) is 9.28. The van der Waals surface area contributed by atoms with E-state index in [0.29, 0.717) is 10.7 Å². The maximum absolute atomic E-state index is 11.3. The second-order valence-electron chi connectivity index (χ2n) is 3.12. The highest BCUT2D eigenvalue weighted by Crippen LogP contribution is 2.19. The largest absolute Gasteiger partial charge is 0.478 e. The summed E-state index contributed by atoms with van der Waals surface area (Å²) in [7, 11) is 0. The molecule has 0 spiro atoms. The van der Waals surface area contributed by atoms with E-state index in [0.717, 1.165) is 17.7 Å². The molecule has 1 aromatic rings. The van der Waals surface area contributed by atoms with Gasteiger partial charge in [0.15, 0.2) is 0 Å². The van der Waals surface area contributed by atoms with Crippen LogP contribution < -0.4 is 5.32 Å². The number of hydrogen-bond acceptors (Lipinski definition) is 2. The Balaban J connectivity index is 2.77. The highest BCUT2D eigenvalue weighted by molar-refractivity contribution is 6.31. The first kappa shape index (κ1) is 12.3. The van der Waals surface area contributed by atoms with Gasteiger partial charge in [-0.25, -0.2) is 4.79 Å². The number of hydrogen-bond donors (Lipinski definition) is 2. The molecule has 0 bridgehead atoms. The minimum absolute atomic E-state index is 0.503. The van der Waals surface area contributed by atoms with Crippen LogP contribution >= 0.6 is 11.6 Å². The third-order valence-electron chi connectivity index (χ3n) is 1.83. The zero-order chi connectivity index (χ0) is 12.1. The molecule has 0 saturated carbocycles. The molecule has 1 aromatic carbocycles. The van der Waals surface area contributed by atoms with Gasteiger partial charge in [0, 0.05) is 22.9 Å². The lowest BCUT2D eigenvalue weighted by atomic mass is 10.2. The van der Waals surface area contributed by atoms with Crippen LogP contribution in [0.2, 0.25) is 5.02 Å². The number of carboxylic acid groups (broad SMARTS) is 1. The van der Waals surface area contributed by atoms with E-state index in [1.54, 1.807) is 18.2 Å². The van der Waals surface area contributed by atoms with Crippen molar-refractivity contribution in [3.63, 3.8) is 0 Å². The number of aryl methyl sites for hydroxylation is 1. The van der Waals surface area contributed by atoms with Gasteiger partial charge in [-0.1, -0.05) is 17.7 Å². The van der Waals surface area contributed by atoms with E-state index < -0.39 is 11.9 Å². The van der Waals surface area contributed by atoms with Gasteiger partial charge in [-0.05, 0) is 24.6 Å². The van der Waals surface area contributed by atoms with Crippen molar-refractivity contribution in [2.75, 3.05) is 5.32 Å². The fraction of sp³-hybridized carbons (Fsp3) is 0.0909. The maximum atomic E-state index is 11.3. The predicted molar refractivity (Wildman–Crippen MR) is 61.6 cm³/mol. The summed E-state index contributed by atoms with van der Waals surface area (Å²) in [6.07, 6.45) is 1.72. The molecule has 16 heavy (non-hydrogen) atoms. The monoisotopic (exact) mass is 239 g/mol. The van der Waals surface area contributed by atoms with E-state index >= 15 is 0 Å². The molecule has 0 aromatic heterocycles. The molecule has 5 heteroatoms. The summed E-state index contributed by atoms with van der Waals surface area (Å²) < 4.78 is 0. The molecule has 0 radical (unpaired) electrons. The van der Waals surface area contributed by atoms with Gasteiger partial charge in [-0.15, -0.1) is 0 Å². The van der Waals surface area contributed by atoms with Crippen molar-refractivity contribution in [2.45, 2.75) is 6.92 Å². The van der Waals surface area contributed by atoms with Crippen molar-refractivity contribution in [1.29, 1.82) is 0 Å². The molecule has 1 rings (SSSR count). The van der Waals surface area contributed by atoms with Gasteiger partial charge < -0.3 is 10.4 Å². The molecule has 4 nitrogen and oxygen atoms in total. The molecule has 0 aliphatic carbocycles. The molecule has 0 atom stereocenters. The molecule has 0 unspecified atom stereocenters. The number of amides is 1. The van der Waals surface area contributed by atoms with Gasteiger partial charge in [0.2, 0.25) is 5.91 Å². The van der Waals surface area contributed by atoms with Gasteiger partial charge >= 0.3 is 5.97 Å². The summed E-state index contributed by atoms with van der Waals surface area (Å²) in [6, 6.07) is 5.07. The second-order valence-corrected chi connectivity index (χ2v) is 3.56. The third-order valence-corrected chi connectivity index (χ3v) is 2.07. The van der Waals surface area contributed by atoms with Gasteiger partial charge in [0.05, 0.1) is 0 Å². The molecule has 0 aliphatic heterocycles. The first-order chi connectivity index (χ1) is 7.49. The Labute approximate surface area is 97.5 Å². The molecule has 2 N–H and O–H groups in total. The Morgan fingerprint density at radius 3 is 2.69 bits per heavy atom. The van der Waals surface area contributed by atoms with Crippen molar-refractivity contribution in [3.05, 3.63) is 40.9 Å². The van der Waals surface area contributed by atoms with Crippen LogP contribution in [0.4, 0.5) is 5.69 Å². The number of benzene rings is 1. The van der Waals surface area contributed by atoms with Crippen molar-refractivity contribution < 1.29 is 14.7 Å². The Kier molecular flexibility index (Phi) is 4.08. The van der Waals surface area contributed by atoms with E-state index in [2.05, 4.69) is 5.32 Å². The number of halogens is 1. The van der Waals surface area contributed by atoms with Crippen LogP contribution in [0.1, 0.15) is 5.56 Å². The summed E-state index contributed by atoms with van der Waals surface area (Å²) in [5.41, 5.74) is 1.41. The molecule has 0 saturated heterocycles. The SMILES string of the molecule is Cc1ccc(Cl)cc1NC(=O)/C=C\C(=O)O. The number of anilines is 1. The van der Waals surface area contributed by atoms with Crippen LogP contribution in [-0.2, 0) is 9.59 Å². The summed E-state index contributed by atoms with van der Waals surface area (Å²) in [5, 5.41) is 11.4. The second kappa shape index (κ2) is 5.32. The van der Waals surface area contributed by atoms with Gasteiger partial charge in [0.1, 0.15) is 0 Å². The molecule has 84 valence electrons. The number of rotatable bonds is 3. The quantitative estimate of drug-likeness (QED) is 0.795. The van der Waals surface area contributed by atoms with Crippen LogP contribution in [0.15, 0.2) is 30.4 Å². The number of nitrogens with one attached hydrogen (secondary N) is 1. The predicted octanol–water partition coefficient (Wildman–Crippen LogP) is 2.23. The lowest BCUT2D eigenvalue weighted by Crippen LogP contribution is -2.09. The average molecular weight is 240 g/mol. The van der Waals surface area contributed by atoms with Crippen LogP contribution in [0, 0.1) is 6.92 Å². The summed E-state index contributed by atoms with van der Waals surface area (Å²) >= 11 is 5.76. The van der Waals surface area contributed by atoms with Crippen LogP contribution in [-0.4, -0.2) is 17.0 Å². The molecule has 0 heterocycles. The highest BCUT2D eigenvalue weighted by Gasteiger charge is 2.02. The maximum Gasteiger partial charge on any atom is 0.328 e. The summed E-state index contributed by atoms with van der Waals surface area (Å²) in [6.45, 7) is 1.81. The molecule has 0 aliphatic rings. The Morgan fingerprint density at radius 2 is 2.06 bits per heavy atom. The fourth-order valence-electron chi connectivity index (χ4n) is 1.05. The summed E-state index contributed by atoms with van der Waals surface area (Å²) in [5.74, 6) is -1.68. The molecular weight excluding hydrogens is 230 g/mol. The highest BCUT2D eigenvalue weighted by atomic mass is 35.5. The zero-order valence-electron chi connectivity index (χ0n) is 8.53. The Bertz CT molecular complexity index is 455. The molecule has 1 amide bonds. The Hall–Kier alpha value is -1.81. The van der Waals surface area contributed by atoms with Crippen molar-refractivity contribution >= 4 is 29.2 Å². The normalized spacial score (nSPS) is 10.4. The van der Waals surface area contributed by atoms with Crippen molar-refractivity contribution in [2.24, 2.45) is 0 Å².